The van der Waals surface area contributed by atoms with E-state index < -0.39 is 5.54 Å². The van der Waals surface area contributed by atoms with Crippen molar-refractivity contribution in [3.63, 3.8) is 0 Å². The second kappa shape index (κ2) is 4.38. The zero-order valence-corrected chi connectivity index (χ0v) is 10.8. The molecule has 1 heterocycles. The fourth-order valence-corrected chi connectivity index (χ4v) is 2.33. The topological polar surface area (TPSA) is 74.2 Å². The molecular weight excluding hydrogens is 218 g/mol. The normalized spacial score (nSPS) is 19.8. The van der Waals surface area contributed by atoms with Gasteiger partial charge in [0.2, 0.25) is 11.7 Å². The molecule has 2 N–H and O–H groups in total. The Morgan fingerprint density at radius 3 is 2.53 bits per heavy atom. The predicted molar refractivity (Wildman–Crippen MR) is 63.3 cm³/mol. The largest absolute Gasteiger partial charge is 0.367 e. The standard InChI is InChI=1S/C12H21N3O2/c1-4-16-12(7-5-6-8-12)9-14-10(17-15-9)11(2,3)13/h4-8,13H2,1-3H3. The highest BCUT2D eigenvalue weighted by atomic mass is 16.5. The van der Waals surface area contributed by atoms with E-state index in [0.29, 0.717) is 18.3 Å². The molecular formula is C12H21N3O2. The fourth-order valence-electron chi connectivity index (χ4n) is 2.33. The molecule has 1 aromatic heterocycles. The molecule has 5 nitrogen and oxygen atoms in total. The molecule has 2 rings (SSSR count). The van der Waals surface area contributed by atoms with Gasteiger partial charge in [-0.3, -0.25) is 0 Å². The van der Waals surface area contributed by atoms with E-state index in [-0.39, 0.29) is 5.60 Å². The van der Waals surface area contributed by atoms with Crippen LogP contribution in [0, 0.1) is 0 Å². The van der Waals surface area contributed by atoms with Gasteiger partial charge in [0.15, 0.2) is 0 Å². The lowest BCUT2D eigenvalue weighted by Crippen LogP contribution is -2.31. The summed E-state index contributed by atoms with van der Waals surface area (Å²) < 4.78 is 11.1. The van der Waals surface area contributed by atoms with Crippen LogP contribution in [0.1, 0.15) is 58.2 Å². The second-order valence-corrected chi connectivity index (χ2v) is 5.28. The molecule has 0 saturated heterocycles. The number of rotatable bonds is 4. The average molecular weight is 239 g/mol. The van der Waals surface area contributed by atoms with Crippen molar-refractivity contribution >= 4 is 0 Å². The molecule has 1 aromatic rings. The fraction of sp³-hybridized carbons (Fsp3) is 0.833. The molecule has 0 aromatic carbocycles. The van der Waals surface area contributed by atoms with Crippen LogP contribution in [0.15, 0.2) is 4.52 Å². The van der Waals surface area contributed by atoms with Gasteiger partial charge in [-0.15, -0.1) is 0 Å². The maximum absolute atomic E-state index is 5.95. The Kier molecular flexibility index (Phi) is 3.23. The molecule has 0 spiro atoms. The lowest BCUT2D eigenvalue weighted by atomic mass is 10.0. The van der Waals surface area contributed by atoms with Crippen molar-refractivity contribution in [2.24, 2.45) is 5.73 Å². The van der Waals surface area contributed by atoms with Crippen LogP contribution in [0.5, 0.6) is 0 Å². The molecule has 0 amide bonds. The van der Waals surface area contributed by atoms with Gasteiger partial charge in [-0.25, -0.2) is 0 Å². The number of ether oxygens (including phenoxy) is 1. The summed E-state index contributed by atoms with van der Waals surface area (Å²) >= 11 is 0. The van der Waals surface area contributed by atoms with Crippen molar-refractivity contribution in [1.29, 1.82) is 0 Å². The zero-order valence-electron chi connectivity index (χ0n) is 10.8. The highest BCUT2D eigenvalue weighted by molar-refractivity contribution is 5.07. The summed E-state index contributed by atoms with van der Waals surface area (Å²) in [7, 11) is 0. The second-order valence-electron chi connectivity index (χ2n) is 5.28. The maximum Gasteiger partial charge on any atom is 0.246 e. The van der Waals surface area contributed by atoms with Gasteiger partial charge in [-0.1, -0.05) is 5.16 Å². The Hall–Kier alpha value is -0.940. The van der Waals surface area contributed by atoms with E-state index >= 15 is 0 Å². The van der Waals surface area contributed by atoms with E-state index in [2.05, 4.69) is 10.1 Å². The summed E-state index contributed by atoms with van der Waals surface area (Å²) in [6.07, 6.45) is 4.22. The lowest BCUT2D eigenvalue weighted by Gasteiger charge is -2.24. The van der Waals surface area contributed by atoms with Crippen molar-refractivity contribution in [2.75, 3.05) is 6.61 Å². The Morgan fingerprint density at radius 1 is 1.41 bits per heavy atom. The van der Waals surface area contributed by atoms with Crippen LogP contribution >= 0.6 is 0 Å². The first kappa shape index (κ1) is 12.5. The third kappa shape index (κ3) is 2.35. The third-order valence-electron chi connectivity index (χ3n) is 3.22. The lowest BCUT2D eigenvalue weighted by molar-refractivity contribution is -0.0469. The van der Waals surface area contributed by atoms with Crippen LogP contribution in [-0.2, 0) is 15.9 Å². The number of hydrogen-bond donors (Lipinski definition) is 1. The number of nitrogens with two attached hydrogens (primary N) is 1. The van der Waals surface area contributed by atoms with Gasteiger partial charge >= 0.3 is 0 Å². The van der Waals surface area contributed by atoms with Crippen molar-refractivity contribution in [2.45, 2.75) is 57.6 Å². The minimum Gasteiger partial charge on any atom is -0.367 e. The molecule has 1 fully saturated rings. The first-order valence-electron chi connectivity index (χ1n) is 6.25. The minimum absolute atomic E-state index is 0.345. The Bertz CT molecular complexity index is 375. The van der Waals surface area contributed by atoms with E-state index in [9.17, 15) is 0 Å². The van der Waals surface area contributed by atoms with Crippen molar-refractivity contribution in [3.8, 4) is 0 Å². The van der Waals surface area contributed by atoms with E-state index in [4.69, 9.17) is 15.0 Å². The molecule has 17 heavy (non-hydrogen) atoms. The number of aromatic nitrogens is 2. The monoisotopic (exact) mass is 239 g/mol. The highest BCUT2D eigenvalue weighted by Gasteiger charge is 2.41. The Balaban J connectivity index is 2.28. The van der Waals surface area contributed by atoms with Crippen LogP contribution in [0.25, 0.3) is 0 Å². The van der Waals surface area contributed by atoms with Gasteiger partial charge in [0, 0.05) is 6.61 Å². The van der Waals surface area contributed by atoms with Crippen LogP contribution in [0.4, 0.5) is 0 Å². The van der Waals surface area contributed by atoms with E-state index in [1.54, 1.807) is 0 Å². The van der Waals surface area contributed by atoms with Crippen LogP contribution in [-0.4, -0.2) is 16.7 Å². The van der Waals surface area contributed by atoms with Crippen molar-refractivity contribution in [1.82, 2.24) is 10.1 Å². The minimum atomic E-state index is -0.600. The molecule has 5 heteroatoms. The molecule has 1 aliphatic rings. The highest BCUT2D eigenvalue weighted by Crippen LogP contribution is 2.41. The average Bonchev–Trinajstić information content (AvgIpc) is 2.84. The smallest absolute Gasteiger partial charge is 0.246 e. The van der Waals surface area contributed by atoms with Gasteiger partial charge < -0.3 is 15.0 Å². The summed E-state index contributed by atoms with van der Waals surface area (Å²) in [6, 6.07) is 0. The van der Waals surface area contributed by atoms with E-state index in [1.165, 1.54) is 0 Å². The summed E-state index contributed by atoms with van der Waals surface area (Å²) in [4.78, 5) is 4.43. The van der Waals surface area contributed by atoms with E-state index in [1.807, 2.05) is 20.8 Å². The van der Waals surface area contributed by atoms with Gasteiger partial charge in [-0.2, -0.15) is 4.98 Å². The number of hydrogen-bond acceptors (Lipinski definition) is 5. The van der Waals surface area contributed by atoms with Gasteiger partial charge in [0.25, 0.3) is 0 Å². The molecule has 0 unspecified atom stereocenters. The summed E-state index contributed by atoms with van der Waals surface area (Å²) in [5.41, 5.74) is 5.00. The van der Waals surface area contributed by atoms with Crippen LogP contribution < -0.4 is 5.73 Å². The maximum atomic E-state index is 5.95. The van der Waals surface area contributed by atoms with Crippen molar-refractivity contribution < 1.29 is 9.26 Å². The van der Waals surface area contributed by atoms with Gasteiger partial charge in [-0.05, 0) is 46.5 Å². The molecule has 0 aliphatic heterocycles. The third-order valence-corrected chi connectivity index (χ3v) is 3.22. The quantitative estimate of drug-likeness (QED) is 0.870. The molecule has 96 valence electrons. The number of nitrogens with zero attached hydrogens (tertiary/aromatic N) is 2. The first-order valence-corrected chi connectivity index (χ1v) is 6.25. The molecule has 0 bridgehead atoms. The Labute approximate surface area is 102 Å². The Morgan fingerprint density at radius 2 is 2.06 bits per heavy atom. The van der Waals surface area contributed by atoms with Crippen LogP contribution in [0.3, 0.4) is 0 Å². The molecule has 1 aliphatic carbocycles. The van der Waals surface area contributed by atoms with Crippen molar-refractivity contribution in [3.05, 3.63) is 11.7 Å². The molecule has 0 atom stereocenters. The summed E-state index contributed by atoms with van der Waals surface area (Å²) in [5.74, 6) is 1.13. The predicted octanol–water partition coefficient (Wildman–Crippen LogP) is 2.07. The zero-order chi connectivity index (χ0) is 12.5. The van der Waals surface area contributed by atoms with Gasteiger partial charge in [0.05, 0.1) is 5.54 Å². The molecule has 1 saturated carbocycles. The SMILES string of the molecule is CCOC1(c2noc(C(C)(C)N)n2)CCCC1. The summed E-state index contributed by atoms with van der Waals surface area (Å²) in [5, 5.41) is 4.06. The van der Waals surface area contributed by atoms with Gasteiger partial charge in [0.1, 0.15) is 5.60 Å². The first-order chi connectivity index (χ1) is 7.98. The molecule has 0 radical (unpaired) electrons. The van der Waals surface area contributed by atoms with E-state index in [0.717, 1.165) is 25.7 Å². The van der Waals surface area contributed by atoms with Crippen LogP contribution in [0.2, 0.25) is 0 Å². The summed E-state index contributed by atoms with van der Waals surface area (Å²) in [6.45, 7) is 6.36.